The second-order valence-corrected chi connectivity index (χ2v) is 14.3. The molecule has 1 aliphatic carbocycles. The molecule has 2 atom stereocenters. The largest absolute Gasteiger partial charge is 0.444 e. The van der Waals surface area contributed by atoms with Crippen LogP contribution >= 0.6 is 34.5 Å². The smallest absolute Gasteiger partial charge is 0.410 e. The first-order chi connectivity index (χ1) is 19.9. The molecule has 2 aromatic rings. The fraction of sp³-hybridized carbons (Fsp3) is 0.594. The van der Waals surface area contributed by atoms with Crippen molar-refractivity contribution >= 4 is 51.5 Å². The second kappa shape index (κ2) is 14.0. The Morgan fingerprint density at radius 2 is 1.98 bits per heavy atom. The van der Waals surface area contributed by atoms with E-state index in [0.717, 1.165) is 60.9 Å². The monoisotopic (exact) mass is 632 g/mol. The van der Waals surface area contributed by atoms with Crippen LogP contribution < -0.4 is 5.32 Å². The number of thiophene rings is 1. The van der Waals surface area contributed by atoms with Gasteiger partial charge in [0.25, 0.3) is 0 Å². The number of ether oxygens (including phenoxy) is 1. The van der Waals surface area contributed by atoms with Crippen LogP contribution in [0.2, 0.25) is 10.0 Å². The Hall–Kier alpha value is -2.31. The number of fused-ring (bicyclic) bond motifs is 1. The molecule has 1 fully saturated rings. The first-order valence-electron chi connectivity index (χ1n) is 15.0. The van der Waals surface area contributed by atoms with Crippen LogP contribution in [-0.4, -0.2) is 52.6 Å². The number of nitrogens with zero attached hydrogens (tertiary/aromatic N) is 3. The second-order valence-electron chi connectivity index (χ2n) is 12.4. The van der Waals surface area contributed by atoms with Crippen molar-refractivity contribution in [2.24, 2.45) is 5.92 Å². The summed E-state index contributed by atoms with van der Waals surface area (Å²) in [7, 11) is 0. The minimum Gasteiger partial charge on any atom is -0.444 e. The summed E-state index contributed by atoms with van der Waals surface area (Å²) >= 11 is 14.4. The van der Waals surface area contributed by atoms with E-state index in [1.165, 1.54) is 11.3 Å². The highest BCUT2D eigenvalue weighted by Gasteiger charge is 2.36. The van der Waals surface area contributed by atoms with Crippen LogP contribution in [0.4, 0.5) is 9.80 Å². The van der Waals surface area contributed by atoms with Crippen molar-refractivity contribution < 1.29 is 14.3 Å². The Bertz CT molecular complexity index is 1330. The first kappa shape index (κ1) is 32.6. The Balaban J connectivity index is 1.59. The molecule has 1 N–H and O–H groups in total. The first-order valence-corrected chi connectivity index (χ1v) is 16.5. The quantitative estimate of drug-likeness (QED) is 0.302. The van der Waals surface area contributed by atoms with E-state index >= 15 is 0 Å². The summed E-state index contributed by atoms with van der Waals surface area (Å²) in [6.07, 6.45) is 5.49. The van der Waals surface area contributed by atoms with Gasteiger partial charge in [-0.15, -0.1) is 11.3 Å². The number of rotatable bonds is 9. The van der Waals surface area contributed by atoms with E-state index in [9.17, 15) is 14.9 Å². The average Bonchev–Trinajstić information content (AvgIpc) is 3.52. The van der Waals surface area contributed by atoms with Crippen molar-refractivity contribution in [1.82, 2.24) is 9.80 Å². The SMILES string of the molecule is CCC(CC)C(=O)Nc1sc2c(c1C#N)CCC(N(Cc1ccc(Cl)cc1Cl)CC1CCCN1C(=O)OC(C)(C)C)C2. The molecule has 0 bridgehead atoms. The molecular formula is C32H42Cl2N4O3S. The zero-order valence-electron chi connectivity index (χ0n) is 25.3. The van der Waals surface area contributed by atoms with Crippen LogP contribution in [0.3, 0.4) is 0 Å². The van der Waals surface area contributed by atoms with Gasteiger partial charge in [-0.3, -0.25) is 9.69 Å². The van der Waals surface area contributed by atoms with Gasteiger partial charge in [0, 0.05) is 52.6 Å². The number of halogens is 2. The number of carbonyl (C=O) groups is 2. The van der Waals surface area contributed by atoms with E-state index in [4.69, 9.17) is 27.9 Å². The number of nitrogens with one attached hydrogen (secondary N) is 1. The molecule has 0 radical (unpaired) electrons. The van der Waals surface area contributed by atoms with Crippen molar-refractivity contribution in [3.8, 4) is 6.07 Å². The number of benzene rings is 1. The van der Waals surface area contributed by atoms with Crippen molar-refractivity contribution in [1.29, 1.82) is 5.26 Å². The summed E-state index contributed by atoms with van der Waals surface area (Å²) in [6.45, 7) is 11.7. The maximum Gasteiger partial charge on any atom is 0.410 e. The van der Waals surface area contributed by atoms with Gasteiger partial charge in [0.15, 0.2) is 0 Å². The minimum absolute atomic E-state index is 0.0193. The Morgan fingerprint density at radius 1 is 1.24 bits per heavy atom. The highest BCUT2D eigenvalue weighted by molar-refractivity contribution is 7.16. The lowest BCUT2D eigenvalue weighted by molar-refractivity contribution is -0.120. The van der Waals surface area contributed by atoms with Gasteiger partial charge in [-0.1, -0.05) is 43.1 Å². The lowest BCUT2D eigenvalue weighted by atomic mass is 9.90. The predicted molar refractivity (Wildman–Crippen MR) is 170 cm³/mol. The molecule has 2 unspecified atom stereocenters. The molecule has 2 aliphatic rings. The van der Waals surface area contributed by atoms with E-state index in [2.05, 4.69) is 16.3 Å². The lowest BCUT2D eigenvalue weighted by Crippen LogP contribution is -2.48. The highest BCUT2D eigenvalue weighted by Crippen LogP contribution is 2.40. The number of hydrogen-bond acceptors (Lipinski definition) is 6. The van der Waals surface area contributed by atoms with Crippen molar-refractivity contribution in [2.45, 2.75) is 104 Å². The van der Waals surface area contributed by atoms with Crippen LogP contribution in [0.5, 0.6) is 0 Å². The van der Waals surface area contributed by atoms with Gasteiger partial charge in [-0.2, -0.15) is 5.26 Å². The molecule has 7 nitrogen and oxygen atoms in total. The molecule has 2 amide bonds. The fourth-order valence-corrected chi connectivity index (χ4v) is 7.77. The van der Waals surface area contributed by atoms with E-state index in [-0.39, 0.29) is 30.0 Å². The van der Waals surface area contributed by atoms with Crippen LogP contribution in [0.25, 0.3) is 0 Å². The Morgan fingerprint density at radius 3 is 2.62 bits per heavy atom. The molecule has 2 heterocycles. The lowest BCUT2D eigenvalue weighted by Gasteiger charge is -2.38. The number of likely N-dealkylation sites (tertiary alicyclic amines) is 1. The van der Waals surface area contributed by atoms with Crippen LogP contribution in [0, 0.1) is 17.2 Å². The van der Waals surface area contributed by atoms with Gasteiger partial charge in [-0.25, -0.2) is 4.79 Å². The average molecular weight is 634 g/mol. The number of carbonyl (C=O) groups excluding carboxylic acids is 2. The van der Waals surface area contributed by atoms with Gasteiger partial charge in [0.05, 0.1) is 5.56 Å². The van der Waals surface area contributed by atoms with E-state index in [1.807, 2.05) is 51.7 Å². The predicted octanol–water partition coefficient (Wildman–Crippen LogP) is 8.06. The van der Waals surface area contributed by atoms with Crippen molar-refractivity contribution in [3.05, 3.63) is 49.8 Å². The molecule has 1 aromatic carbocycles. The summed E-state index contributed by atoms with van der Waals surface area (Å²) in [5.74, 6) is -0.0866. The fourth-order valence-electron chi connectivity index (χ4n) is 6.03. The third kappa shape index (κ3) is 7.79. The molecule has 0 spiro atoms. The van der Waals surface area contributed by atoms with Crippen LogP contribution in [-0.2, 0) is 28.9 Å². The van der Waals surface area contributed by atoms with Gasteiger partial charge >= 0.3 is 6.09 Å². The number of anilines is 1. The molecule has 1 saturated heterocycles. The van der Waals surface area contributed by atoms with E-state index in [1.54, 1.807) is 6.07 Å². The standard InChI is InChI=1S/C32H42Cl2N4O3S/c1-6-20(7-2)29(39)36-30-26(17-35)25-13-12-23(16-28(25)42-30)37(18-21-10-11-22(33)15-27(21)34)19-24-9-8-14-38(24)31(40)41-32(3,4)5/h10-11,15,20,23-24H,6-9,12-14,16,18-19H2,1-5H3,(H,36,39). The van der Waals surface area contributed by atoms with Crippen molar-refractivity contribution in [2.75, 3.05) is 18.4 Å². The summed E-state index contributed by atoms with van der Waals surface area (Å²) in [5.41, 5.74) is 2.08. The molecular weight excluding hydrogens is 591 g/mol. The summed E-state index contributed by atoms with van der Waals surface area (Å²) in [6, 6.07) is 8.17. The zero-order valence-corrected chi connectivity index (χ0v) is 27.6. The van der Waals surface area contributed by atoms with Crippen LogP contribution in [0.15, 0.2) is 18.2 Å². The Kier molecular flexibility index (Phi) is 10.9. The Labute approximate surface area is 264 Å². The van der Waals surface area contributed by atoms with Gasteiger partial charge in [-0.05, 0) is 89.0 Å². The van der Waals surface area contributed by atoms with Gasteiger partial charge < -0.3 is 15.0 Å². The summed E-state index contributed by atoms with van der Waals surface area (Å²) < 4.78 is 5.74. The third-order valence-corrected chi connectivity index (χ3v) is 10.1. The van der Waals surface area contributed by atoms with Crippen molar-refractivity contribution in [3.63, 3.8) is 0 Å². The molecule has 1 aliphatic heterocycles. The number of hydrogen-bond donors (Lipinski definition) is 1. The number of amides is 2. The third-order valence-electron chi connectivity index (χ3n) is 8.30. The maximum atomic E-state index is 13.1. The van der Waals surface area contributed by atoms with E-state index < -0.39 is 5.60 Å². The molecule has 4 rings (SSSR count). The van der Waals surface area contributed by atoms with E-state index in [0.29, 0.717) is 40.2 Å². The molecule has 228 valence electrons. The minimum atomic E-state index is -0.556. The zero-order chi connectivity index (χ0) is 30.6. The van der Waals surface area contributed by atoms with Gasteiger partial charge in [0.2, 0.25) is 5.91 Å². The highest BCUT2D eigenvalue weighted by atomic mass is 35.5. The molecule has 1 aromatic heterocycles. The molecule has 10 heteroatoms. The molecule has 42 heavy (non-hydrogen) atoms. The van der Waals surface area contributed by atoms with Crippen LogP contribution in [0.1, 0.15) is 88.3 Å². The topological polar surface area (TPSA) is 85.7 Å². The maximum absolute atomic E-state index is 13.1. The van der Waals surface area contributed by atoms with Gasteiger partial charge in [0.1, 0.15) is 16.7 Å². The normalized spacial score (nSPS) is 18.7. The molecule has 0 saturated carbocycles. The summed E-state index contributed by atoms with van der Waals surface area (Å²) in [4.78, 5) is 31.4. The summed E-state index contributed by atoms with van der Waals surface area (Å²) in [5, 5.41) is 15.0. The number of nitriles is 1.